The number of sulfonamides is 1. The molecule has 0 aliphatic carbocycles. The molecule has 0 radical (unpaired) electrons. The van der Waals surface area contributed by atoms with E-state index in [0.29, 0.717) is 5.56 Å². The Balaban J connectivity index is 2.07. The highest BCUT2D eigenvalue weighted by molar-refractivity contribution is 7.89. The summed E-state index contributed by atoms with van der Waals surface area (Å²) in [6.07, 6.45) is -4.88. The van der Waals surface area contributed by atoms with E-state index >= 15 is 0 Å². The first-order valence-corrected chi connectivity index (χ1v) is 8.71. The Labute approximate surface area is 148 Å². The van der Waals surface area contributed by atoms with E-state index in [4.69, 9.17) is 0 Å². The average Bonchev–Trinajstić information content (AvgIpc) is 2.52. The van der Waals surface area contributed by atoms with E-state index in [-0.39, 0.29) is 10.5 Å². The fourth-order valence-electron chi connectivity index (χ4n) is 2.13. The van der Waals surface area contributed by atoms with Crippen LogP contribution in [0.25, 0.3) is 0 Å². The van der Waals surface area contributed by atoms with Crippen molar-refractivity contribution in [2.24, 2.45) is 0 Å². The first-order chi connectivity index (χ1) is 12.0. The van der Waals surface area contributed by atoms with Gasteiger partial charge in [-0.3, -0.25) is 10.2 Å². The van der Waals surface area contributed by atoms with Crippen LogP contribution in [0, 0.1) is 13.8 Å². The lowest BCUT2D eigenvalue weighted by Gasteiger charge is -2.11. The first-order valence-electron chi connectivity index (χ1n) is 7.23. The molecule has 0 spiro atoms. The van der Waals surface area contributed by atoms with Gasteiger partial charge in [0.2, 0.25) is 0 Å². The number of hydrogen-bond donors (Lipinski definition) is 2. The molecule has 0 heterocycles. The average molecular weight is 388 g/mol. The van der Waals surface area contributed by atoms with Crippen molar-refractivity contribution in [3.05, 3.63) is 59.2 Å². The highest BCUT2D eigenvalue weighted by atomic mass is 32.2. The SMILES string of the molecule is Cc1ccc(C(=O)NNS(=O)(=O)c2ccc(OC(F)(F)F)cc2)c(C)c1. The van der Waals surface area contributed by atoms with Crippen LogP contribution in [0.1, 0.15) is 21.5 Å². The largest absolute Gasteiger partial charge is 0.573 e. The van der Waals surface area contributed by atoms with E-state index in [0.717, 1.165) is 29.8 Å². The first kappa shape index (κ1) is 19.7. The number of hydrazine groups is 1. The standard InChI is InChI=1S/C16H15F3N2O4S/c1-10-3-8-14(11(2)9-10)15(22)20-21-26(23,24)13-6-4-12(5-7-13)25-16(17,18)19/h3-9,21H,1-2H3,(H,20,22). The maximum atomic E-state index is 12.1. The number of carbonyl (C=O) groups excluding carboxylic acids is 1. The highest BCUT2D eigenvalue weighted by Gasteiger charge is 2.31. The predicted molar refractivity (Wildman–Crippen MR) is 86.8 cm³/mol. The van der Waals surface area contributed by atoms with Crippen molar-refractivity contribution >= 4 is 15.9 Å². The van der Waals surface area contributed by atoms with Crippen molar-refractivity contribution < 1.29 is 31.1 Å². The fourth-order valence-corrected chi connectivity index (χ4v) is 2.97. The van der Waals surface area contributed by atoms with Crippen molar-refractivity contribution in [1.82, 2.24) is 10.3 Å². The van der Waals surface area contributed by atoms with Crippen LogP contribution in [-0.4, -0.2) is 20.7 Å². The summed E-state index contributed by atoms with van der Waals surface area (Å²) in [5.74, 6) is -1.22. The summed E-state index contributed by atoms with van der Waals surface area (Å²) in [4.78, 5) is 13.6. The summed E-state index contributed by atoms with van der Waals surface area (Å²) >= 11 is 0. The lowest BCUT2D eigenvalue weighted by molar-refractivity contribution is -0.274. The smallest absolute Gasteiger partial charge is 0.406 e. The molecule has 0 fully saturated rings. The molecule has 1 amide bonds. The van der Waals surface area contributed by atoms with Crippen LogP contribution in [-0.2, 0) is 10.0 Å². The van der Waals surface area contributed by atoms with Gasteiger partial charge in [0.05, 0.1) is 4.90 Å². The van der Waals surface area contributed by atoms with Gasteiger partial charge in [-0.1, -0.05) is 17.7 Å². The number of ether oxygens (including phenoxy) is 1. The van der Waals surface area contributed by atoms with Crippen molar-refractivity contribution in [1.29, 1.82) is 0 Å². The monoisotopic (exact) mass is 388 g/mol. The van der Waals surface area contributed by atoms with Gasteiger partial charge in [0.15, 0.2) is 0 Å². The van der Waals surface area contributed by atoms with Crippen LogP contribution >= 0.6 is 0 Å². The summed E-state index contributed by atoms with van der Waals surface area (Å²) < 4.78 is 64.2. The lowest BCUT2D eigenvalue weighted by atomic mass is 10.1. The number of rotatable bonds is 5. The molecule has 0 atom stereocenters. The molecule has 0 aliphatic rings. The van der Waals surface area contributed by atoms with Crippen molar-refractivity contribution in [3.63, 3.8) is 0 Å². The summed E-state index contributed by atoms with van der Waals surface area (Å²) in [7, 11) is -4.16. The Bertz CT molecular complexity index is 910. The Hall–Kier alpha value is -2.59. The van der Waals surface area contributed by atoms with E-state index in [2.05, 4.69) is 10.2 Å². The van der Waals surface area contributed by atoms with Crippen molar-refractivity contribution in [2.75, 3.05) is 0 Å². The second-order valence-corrected chi connectivity index (χ2v) is 7.08. The molecule has 2 aromatic rings. The van der Waals surface area contributed by atoms with Gasteiger partial charge in [-0.2, -0.15) is 0 Å². The number of hydrogen-bond acceptors (Lipinski definition) is 4. The molecule has 0 unspecified atom stereocenters. The van der Waals surface area contributed by atoms with Gasteiger partial charge in [0.1, 0.15) is 5.75 Å². The second-order valence-electron chi connectivity index (χ2n) is 5.40. The number of aryl methyl sites for hydroxylation is 2. The number of benzene rings is 2. The molecule has 140 valence electrons. The molecule has 0 aromatic heterocycles. The predicted octanol–water partition coefficient (Wildman–Crippen LogP) is 2.83. The molecular formula is C16H15F3N2O4S. The zero-order valence-electron chi connectivity index (χ0n) is 13.7. The molecule has 0 saturated heterocycles. The van der Waals surface area contributed by atoms with E-state index in [1.807, 2.05) is 11.8 Å². The van der Waals surface area contributed by atoms with Gasteiger partial charge < -0.3 is 4.74 Å². The molecule has 6 nitrogen and oxygen atoms in total. The van der Waals surface area contributed by atoms with Gasteiger partial charge >= 0.3 is 6.36 Å². The molecule has 2 rings (SSSR count). The molecular weight excluding hydrogens is 373 g/mol. The van der Waals surface area contributed by atoms with E-state index in [9.17, 15) is 26.4 Å². The minimum atomic E-state index is -4.88. The molecule has 0 bridgehead atoms. The molecule has 10 heteroatoms. The highest BCUT2D eigenvalue weighted by Crippen LogP contribution is 2.23. The quantitative estimate of drug-likeness (QED) is 0.772. The van der Waals surface area contributed by atoms with Gasteiger partial charge in [0, 0.05) is 5.56 Å². The molecule has 2 N–H and O–H groups in total. The van der Waals surface area contributed by atoms with E-state index in [1.54, 1.807) is 25.1 Å². The Kier molecular flexibility index (Phi) is 5.57. The van der Waals surface area contributed by atoms with Crippen LogP contribution in [0.5, 0.6) is 5.75 Å². The van der Waals surface area contributed by atoms with Gasteiger partial charge in [0.25, 0.3) is 15.9 Å². The van der Waals surface area contributed by atoms with Crippen LogP contribution in [0.4, 0.5) is 13.2 Å². The van der Waals surface area contributed by atoms with Gasteiger partial charge in [-0.25, -0.2) is 8.42 Å². The topological polar surface area (TPSA) is 84.5 Å². The Morgan fingerprint density at radius 3 is 2.19 bits per heavy atom. The normalized spacial score (nSPS) is 11.9. The number of carbonyl (C=O) groups is 1. The molecule has 0 aliphatic heterocycles. The zero-order chi connectivity index (χ0) is 19.5. The third kappa shape index (κ3) is 5.20. The third-order valence-corrected chi connectivity index (χ3v) is 4.56. The zero-order valence-corrected chi connectivity index (χ0v) is 14.5. The van der Waals surface area contributed by atoms with E-state index in [1.165, 1.54) is 0 Å². The summed E-state index contributed by atoms with van der Waals surface area (Å²) in [5.41, 5.74) is 3.95. The maximum Gasteiger partial charge on any atom is 0.573 e. The van der Waals surface area contributed by atoms with Crippen LogP contribution in [0.3, 0.4) is 0 Å². The summed E-state index contributed by atoms with van der Waals surface area (Å²) in [5, 5.41) is 0. The molecule has 0 saturated carbocycles. The molecule has 2 aromatic carbocycles. The van der Waals surface area contributed by atoms with Crippen LogP contribution < -0.4 is 15.0 Å². The number of nitrogens with one attached hydrogen (secondary N) is 2. The van der Waals surface area contributed by atoms with Crippen molar-refractivity contribution in [2.45, 2.75) is 25.1 Å². The second kappa shape index (κ2) is 7.34. The van der Waals surface area contributed by atoms with Gasteiger partial charge in [-0.05, 0) is 49.7 Å². The minimum Gasteiger partial charge on any atom is -0.406 e. The summed E-state index contributed by atoms with van der Waals surface area (Å²) in [6, 6.07) is 8.58. The lowest BCUT2D eigenvalue weighted by Crippen LogP contribution is -2.41. The number of amides is 1. The number of halogens is 3. The Morgan fingerprint density at radius 2 is 1.65 bits per heavy atom. The minimum absolute atomic E-state index is 0.284. The van der Waals surface area contributed by atoms with E-state index < -0.39 is 28.0 Å². The maximum absolute atomic E-state index is 12.1. The number of alkyl halides is 3. The van der Waals surface area contributed by atoms with Crippen molar-refractivity contribution in [3.8, 4) is 5.75 Å². The fraction of sp³-hybridized carbons (Fsp3) is 0.188. The van der Waals surface area contributed by atoms with Gasteiger partial charge in [-0.15, -0.1) is 18.0 Å². The Morgan fingerprint density at radius 1 is 1.04 bits per heavy atom. The summed E-state index contributed by atoms with van der Waals surface area (Å²) in [6.45, 7) is 3.55. The molecule has 26 heavy (non-hydrogen) atoms. The van der Waals surface area contributed by atoms with Crippen LogP contribution in [0.15, 0.2) is 47.4 Å². The van der Waals surface area contributed by atoms with Crippen LogP contribution in [0.2, 0.25) is 0 Å². The third-order valence-electron chi connectivity index (χ3n) is 3.29.